The number of nitrogens with zero attached hydrogens (tertiary/aromatic N) is 4. The van der Waals surface area contributed by atoms with Crippen LogP contribution < -0.4 is 19.9 Å². The monoisotopic (exact) mass is 465 g/mol. The Morgan fingerprint density at radius 2 is 2.00 bits per heavy atom. The fourth-order valence-corrected chi connectivity index (χ4v) is 5.95. The first-order valence-corrected chi connectivity index (χ1v) is 12.0. The van der Waals surface area contributed by atoms with Gasteiger partial charge in [-0.15, -0.1) is 11.3 Å². The average Bonchev–Trinajstić information content (AvgIpc) is 3.19. The molecule has 0 amide bonds. The second-order valence-electron chi connectivity index (χ2n) is 8.48. The zero-order chi connectivity index (χ0) is 23.1. The van der Waals surface area contributed by atoms with E-state index < -0.39 is 0 Å². The van der Waals surface area contributed by atoms with E-state index >= 15 is 0 Å². The van der Waals surface area contributed by atoms with Gasteiger partial charge in [0.15, 0.2) is 11.5 Å². The Morgan fingerprint density at radius 1 is 1.21 bits per heavy atom. The summed E-state index contributed by atoms with van der Waals surface area (Å²) >= 11 is 1.79. The largest absolute Gasteiger partial charge is 0.493 e. The van der Waals surface area contributed by atoms with E-state index in [0.717, 1.165) is 35.4 Å². The Labute approximate surface area is 195 Å². The van der Waals surface area contributed by atoms with Crippen molar-refractivity contribution < 1.29 is 9.47 Å². The fraction of sp³-hybridized carbons (Fsp3) is 0.417. The minimum Gasteiger partial charge on any atom is -0.493 e. The number of benzene rings is 1. The van der Waals surface area contributed by atoms with Crippen molar-refractivity contribution in [2.45, 2.75) is 39.7 Å². The predicted octanol–water partition coefficient (Wildman–Crippen LogP) is 4.10. The van der Waals surface area contributed by atoms with Crippen LogP contribution in [0.3, 0.4) is 0 Å². The highest BCUT2D eigenvalue weighted by Gasteiger charge is 2.25. The highest BCUT2D eigenvalue weighted by molar-refractivity contribution is 7.19. The molecule has 0 radical (unpaired) electrons. The summed E-state index contributed by atoms with van der Waals surface area (Å²) < 4.78 is 10.7. The van der Waals surface area contributed by atoms with Gasteiger partial charge in [-0.1, -0.05) is 6.92 Å². The second-order valence-corrected chi connectivity index (χ2v) is 9.56. The molecule has 4 aromatic rings. The van der Waals surface area contributed by atoms with Gasteiger partial charge in [0, 0.05) is 17.5 Å². The van der Waals surface area contributed by atoms with Crippen LogP contribution in [0.5, 0.6) is 11.5 Å². The molecule has 0 saturated carbocycles. The van der Waals surface area contributed by atoms with E-state index in [-0.39, 0.29) is 5.56 Å². The zero-order valence-electron chi connectivity index (χ0n) is 19.3. The third kappa shape index (κ3) is 3.80. The molecule has 9 heteroatoms. The third-order valence-electron chi connectivity index (χ3n) is 6.35. The van der Waals surface area contributed by atoms with E-state index in [2.05, 4.69) is 33.7 Å². The number of fused-ring (bicyclic) bond motifs is 4. The van der Waals surface area contributed by atoms with Crippen LogP contribution in [0.25, 0.3) is 21.1 Å². The Bertz CT molecular complexity index is 1400. The van der Waals surface area contributed by atoms with E-state index in [1.165, 1.54) is 16.9 Å². The van der Waals surface area contributed by atoms with Crippen molar-refractivity contribution in [3.63, 3.8) is 0 Å². The van der Waals surface area contributed by atoms with E-state index in [1.807, 2.05) is 0 Å². The van der Waals surface area contributed by atoms with Crippen LogP contribution in [0.15, 0.2) is 23.3 Å². The first-order valence-electron chi connectivity index (χ1n) is 11.2. The molecule has 0 unspecified atom stereocenters. The lowest BCUT2D eigenvalue weighted by Gasteiger charge is -2.24. The number of methoxy groups -OCH3 is 2. The highest BCUT2D eigenvalue weighted by Crippen LogP contribution is 2.40. The summed E-state index contributed by atoms with van der Waals surface area (Å²) in [7, 11) is 3.12. The molecular weight excluding hydrogens is 438 g/mol. The number of H-pyrrole nitrogens is 1. The van der Waals surface area contributed by atoms with Crippen LogP contribution in [-0.2, 0) is 19.4 Å². The van der Waals surface area contributed by atoms with Crippen molar-refractivity contribution in [3.8, 4) is 11.5 Å². The lowest BCUT2D eigenvalue weighted by molar-refractivity contribution is 0.355. The first kappa shape index (κ1) is 21.6. The summed E-state index contributed by atoms with van der Waals surface area (Å²) in [6, 6.07) is 3.40. The third-order valence-corrected chi connectivity index (χ3v) is 7.52. The SMILES string of the molecule is CCN(Cc1nc2cc(OC)c(OC)cc2c(=O)[nH]1)c1ncnc2sc3c(c12)CC[C@@H](C)C3. The number of thiophene rings is 1. The number of nitrogens with one attached hydrogen (secondary N) is 1. The van der Waals surface area contributed by atoms with E-state index in [4.69, 9.17) is 14.5 Å². The summed E-state index contributed by atoms with van der Waals surface area (Å²) in [6.45, 7) is 5.55. The molecule has 1 aliphatic rings. The quantitative estimate of drug-likeness (QED) is 0.458. The second kappa shape index (κ2) is 8.62. The Hall–Kier alpha value is -3.20. The molecule has 1 N–H and O–H groups in total. The first-order chi connectivity index (χ1) is 16.0. The van der Waals surface area contributed by atoms with Gasteiger partial charge in [0.2, 0.25) is 0 Å². The van der Waals surface area contributed by atoms with Crippen LogP contribution in [0.1, 0.15) is 36.5 Å². The van der Waals surface area contributed by atoms with Crippen LogP contribution in [0.4, 0.5) is 5.82 Å². The number of aromatic nitrogens is 4. The van der Waals surface area contributed by atoms with Crippen molar-refractivity contribution in [3.05, 3.63) is 45.1 Å². The van der Waals surface area contributed by atoms with Gasteiger partial charge in [-0.3, -0.25) is 4.79 Å². The van der Waals surface area contributed by atoms with Gasteiger partial charge < -0.3 is 19.4 Å². The minimum atomic E-state index is -0.207. The normalized spacial score (nSPS) is 15.6. The Balaban J connectivity index is 1.56. The lowest BCUT2D eigenvalue weighted by atomic mass is 9.89. The minimum absolute atomic E-state index is 0.207. The molecule has 1 aromatic carbocycles. The molecule has 1 aliphatic carbocycles. The van der Waals surface area contributed by atoms with Gasteiger partial charge in [-0.05, 0) is 43.7 Å². The van der Waals surface area contributed by atoms with Crippen LogP contribution >= 0.6 is 11.3 Å². The highest BCUT2D eigenvalue weighted by atomic mass is 32.1. The smallest absolute Gasteiger partial charge is 0.258 e. The number of anilines is 1. The summed E-state index contributed by atoms with van der Waals surface area (Å²) in [5.41, 5.74) is 1.75. The fourth-order valence-electron chi connectivity index (χ4n) is 4.60. The Kier molecular flexibility index (Phi) is 5.65. The van der Waals surface area contributed by atoms with Gasteiger partial charge in [0.1, 0.15) is 22.8 Å². The molecule has 8 nitrogen and oxygen atoms in total. The van der Waals surface area contributed by atoms with Crippen molar-refractivity contribution in [2.75, 3.05) is 25.7 Å². The Morgan fingerprint density at radius 3 is 2.76 bits per heavy atom. The molecular formula is C24H27N5O3S. The molecule has 33 heavy (non-hydrogen) atoms. The van der Waals surface area contributed by atoms with Crippen molar-refractivity contribution in [1.82, 2.24) is 19.9 Å². The summed E-state index contributed by atoms with van der Waals surface area (Å²) in [5.74, 6) is 3.22. The molecule has 0 bridgehead atoms. The summed E-state index contributed by atoms with van der Waals surface area (Å²) in [4.78, 5) is 34.4. The van der Waals surface area contributed by atoms with Gasteiger partial charge >= 0.3 is 0 Å². The van der Waals surface area contributed by atoms with E-state index in [1.54, 1.807) is 44.0 Å². The van der Waals surface area contributed by atoms with Gasteiger partial charge in [0.25, 0.3) is 5.56 Å². The number of ether oxygens (including phenoxy) is 2. The maximum absolute atomic E-state index is 12.8. The number of rotatable bonds is 6. The molecule has 0 aliphatic heterocycles. The molecule has 1 atom stereocenters. The van der Waals surface area contributed by atoms with Gasteiger partial charge in [-0.2, -0.15) is 0 Å². The molecule has 3 aromatic heterocycles. The summed E-state index contributed by atoms with van der Waals surface area (Å²) in [6.07, 6.45) is 4.98. The summed E-state index contributed by atoms with van der Waals surface area (Å²) in [5, 5.41) is 1.62. The van der Waals surface area contributed by atoms with E-state index in [0.29, 0.717) is 40.7 Å². The van der Waals surface area contributed by atoms with Gasteiger partial charge in [-0.25, -0.2) is 15.0 Å². The molecule has 0 saturated heterocycles. The molecule has 0 spiro atoms. The molecule has 0 fully saturated rings. The molecule has 3 heterocycles. The van der Waals surface area contributed by atoms with Crippen molar-refractivity contribution in [2.24, 2.45) is 5.92 Å². The predicted molar refractivity (Wildman–Crippen MR) is 131 cm³/mol. The maximum Gasteiger partial charge on any atom is 0.258 e. The molecule has 5 rings (SSSR count). The van der Waals surface area contributed by atoms with Crippen LogP contribution in [0.2, 0.25) is 0 Å². The van der Waals surface area contributed by atoms with Crippen LogP contribution in [0, 0.1) is 5.92 Å². The number of aryl methyl sites for hydroxylation is 1. The van der Waals surface area contributed by atoms with Gasteiger partial charge in [0.05, 0.1) is 37.1 Å². The average molecular weight is 466 g/mol. The standard InChI is InChI=1S/C24H27N5O3S/c1-5-29(22-21-14-7-6-13(2)8-19(14)33-24(21)26-12-25-22)11-20-27-16-10-18(32-4)17(31-3)9-15(16)23(30)28-20/h9-10,12-13H,5-8,11H2,1-4H3,(H,27,28,30)/t13-/m1/s1. The number of hydrogen-bond donors (Lipinski definition) is 1. The van der Waals surface area contributed by atoms with Crippen molar-refractivity contribution >= 4 is 38.3 Å². The van der Waals surface area contributed by atoms with Crippen LogP contribution in [-0.4, -0.2) is 40.7 Å². The van der Waals surface area contributed by atoms with E-state index in [9.17, 15) is 4.79 Å². The number of aromatic amines is 1. The zero-order valence-corrected chi connectivity index (χ0v) is 20.1. The number of hydrogen-bond acceptors (Lipinski definition) is 8. The molecule has 172 valence electrons. The maximum atomic E-state index is 12.8. The van der Waals surface area contributed by atoms with Crippen molar-refractivity contribution in [1.29, 1.82) is 0 Å². The lowest BCUT2D eigenvalue weighted by Crippen LogP contribution is -2.26. The topological polar surface area (TPSA) is 93.2 Å².